The van der Waals surface area contributed by atoms with Crippen LogP contribution in [0.5, 0.6) is 0 Å². The van der Waals surface area contributed by atoms with Crippen molar-refractivity contribution >= 4 is 11.9 Å². The summed E-state index contributed by atoms with van der Waals surface area (Å²) in [5.74, 6) is -3.65. The average molecular weight is 155 g/mol. The molecule has 0 saturated heterocycles. The van der Waals surface area contributed by atoms with E-state index in [4.69, 9.17) is 19.8 Å². The molecule has 0 fully saturated rings. The Labute approximate surface area is 51.9 Å². The molecule has 0 aliphatic carbocycles. The van der Waals surface area contributed by atoms with E-state index >= 15 is 0 Å². The van der Waals surface area contributed by atoms with Crippen LogP contribution in [0.1, 0.15) is 0 Å². The van der Waals surface area contributed by atoms with Crippen molar-refractivity contribution in [2.24, 2.45) is 0 Å². The molecule has 7 heavy (non-hydrogen) atoms. The molecule has 0 spiro atoms. The quantitative estimate of drug-likeness (QED) is 0.353. The summed E-state index contributed by atoms with van der Waals surface area (Å²) in [5.41, 5.74) is 0. The summed E-state index contributed by atoms with van der Waals surface area (Å²) in [7, 11) is 0. The Morgan fingerprint density at radius 1 is 1.00 bits per heavy atom. The van der Waals surface area contributed by atoms with Crippen molar-refractivity contribution in [3.63, 3.8) is 0 Å². The van der Waals surface area contributed by atoms with Gasteiger partial charge in [0.05, 0.1) is 0 Å². The minimum Gasteiger partial charge on any atom is -0.473 e. The molecule has 0 radical (unpaired) electrons. The molecule has 0 aliphatic heterocycles. The summed E-state index contributed by atoms with van der Waals surface area (Å²) in [6, 6.07) is 0. The van der Waals surface area contributed by atoms with Crippen LogP contribution < -0.4 is 0 Å². The third-order valence-electron chi connectivity index (χ3n) is 0.183. The summed E-state index contributed by atoms with van der Waals surface area (Å²) in [6.07, 6.45) is 0. The van der Waals surface area contributed by atoms with Gasteiger partial charge in [0.1, 0.15) is 0 Å². The van der Waals surface area contributed by atoms with Crippen LogP contribution in [0, 0.1) is 0 Å². The van der Waals surface area contributed by atoms with Gasteiger partial charge in [0.25, 0.3) is 0 Å². The van der Waals surface area contributed by atoms with E-state index in [2.05, 4.69) is 0 Å². The van der Waals surface area contributed by atoms with Crippen LogP contribution in [0.3, 0.4) is 0 Å². The van der Waals surface area contributed by atoms with E-state index in [1.54, 1.807) is 0 Å². The van der Waals surface area contributed by atoms with Gasteiger partial charge < -0.3 is 10.2 Å². The van der Waals surface area contributed by atoms with Gasteiger partial charge in [-0.15, -0.1) is 0 Å². The topological polar surface area (TPSA) is 74.6 Å². The largest absolute Gasteiger partial charge is 0.473 e. The minimum atomic E-state index is -1.82. The van der Waals surface area contributed by atoms with Crippen LogP contribution in [-0.4, -0.2) is 22.2 Å². The average Bonchev–Trinajstić information content (AvgIpc) is 1.36. The van der Waals surface area contributed by atoms with E-state index in [1.807, 2.05) is 0 Å². The van der Waals surface area contributed by atoms with Crippen LogP contribution in [0.25, 0.3) is 0 Å². The summed E-state index contributed by atoms with van der Waals surface area (Å²) in [6.45, 7) is 0. The number of hydrogen-bond acceptors (Lipinski definition) is 2. The summed E-state index contributed by atoms with van der Waals surface area (Å²) >= 11 is 0. The molecular weight excluding hydrogens is 153 g/mol. The molecule has 0 atom stereocenters. The van der Waals surface area contributed by atoms with E-state index in [0.29, 0.717) is 0 Å². The molecule has 0 saturated carbocycles. The van der Waals surface area contributed by atoms with Gasteiger partial charge in [-0.1, -0.05) is 0 Å². The predicted octanol–water partition coefficient (Wildman–Crippen LogP) is -0.847. The second-order valence-corrected chi connectivity index (χ2v) is 0.610. The van der Waals surface area contributed by atoms with Gasteiger partial charge in [-0.05, 0) is 0 Å². The van der Waals surface area contributed by atoms with E-state index < -0.39 is 11.9 Å². The number of hydrogen-bond donors (Lipinski definition) is 2. The SMILES string of the molecule is O=C(O)C(=O)O.[Zn]. The molecule has 0 aromatic rings. The van der Waals surface area contributed by atoms with E-state index in [9.17, 15) is 0 Å². The van der Waals surface area contributed by atoms with E-state index in [0.717, 1.165) is 0 Å². The Morgan fingerprint density at radius 2 is 1.14 bits per heavy atom. The standard InChI is InChI=1S/C2H2O4.Zn/c3-1(4)2(5)6;/h(H,3,4)(H,5,6);. The molecule has 0 bridgehead atoms. The molecule has 0 rings (SSSR count). The zero-order valence-corrected chi connectivity index (χ0v) is 6.39. The minimum absolute atomic E-state index is 0. The summed E-state index contributed by atoms with van der Waals surface area (Å²) < 4.78 is 0. The molecular formula is C2H2O4Zn. The maximum absolute atomic E-state index is 9.10. The fourth-order valence-corrected chi connectivity index (χ4v) is 0. The normalized spacial score (nSPS) is 6.29. The second-order valence-electron chi connectivity index (χ2n) is 0.610. The van der Waals surface area contributed by atoms with Gasteiger partial charge >= 0.3 is 11.9 Å². The Morgan fingerprint density at radius 3 is 1.14 bits per heavy atom. The van der Waals surface area contributed by atoms with Gasteiger partial charge in [-0.2, -0.15) is 0 Å². The first-order valence-electron chi connectivity index (χ1n) is 1.11. The third kappa shape index (κ3) is 5.56. The van der Waals surface area contributed by atoms with E-state index in [-0.39, 0.29) is 19.5 Å². The first-order chi connectivity index (χ1) is 2.64. The molecule has 0 aromatic heterocycles. The van der Waals surface area contributed by atoms with Crippen molar-refractivity contribution in [3.8, 4) is 0 Å². The number of carboxylic acid groups (broad SMARTS) is 2. The fourth-order valence-electron chi connectivity index (χ4n) is 0. The summed E-state index contributed by atoms with van der Waals surface area (Å²) in [5, 5.41) is 14.8. The smallest absolute Gasteiger partial charge is 0.414 e. The number of aliphatic carboxylic acids is 2. The molecule has 4 nitrogen and oxygen atoms in total. The molecule has 0 unspecified atom stereocenters. The van der Waals surface area contributed by atoms with Crippen molar-refractivity contribution < 1.29 is 39.3 Å². The molecule has 2 N–H and O–H groups in total. The van der Waals surface area contributed by atoms with Crippen LogP contribution >= 0.6 is 0 Å². The molecule has 0 aromatic carbocycles. The first-order valence-corrected chi connectivity index (χ1v) is 1.11. The maximum Gasteiger partial charge on any atom is 0.414 e. The zero-order valence-electron chi connectivity index (χ0n) is 3.42. The van der Waals surface area contributed by atoms with Crippen molar-refractivity contribution in [1.82, 2.24) is 0 Å². The van der Waals surface area contributed by atoms with Gasteiger partial charge in [0.15, 0.2) is 0 Å². The predicted molar refractivity (Wildman–Crippen MR) is 15.3 cm³/mol. The van der Waals surface area contributed by atoms with Crippen molar-refractivity contribution in [3.05, 3.63) is 0 Å². The van der Waals surface area contributed by atoms with Gasteiger partial charge in [0.2, 0.25) is 0 Å². The van der Waals surface area contributed by atoms with Gasteiger partial charge in [0, 0.05) is 19.5 Å². The molecule has 0 amide bonds. The first kappa shape index (κ1) is 9.76. The van der Waals surface area contributed by atoms with Crippen LogP contribution in [0.2, 0.25) is 0 Å². The van der Waals surface area contributed by atoms with Crippen LogP contribution in [0.15, 0.2) is 0 Å². The van der Waals surface area contributed by atoms with Gasteiger partial charge in [-0.3, -0.25) is 0 Å². The monoisotopic (exact) mass is 154 g/mol. The Hall–Kier alpha value is -0.437. The summed E-state index contributed by atoms with van der Waals surface area (Å²) in [4.78, 5) is 18.2. The molecule has 0 heterocycles. The maximum atomic E-state index is 9.10. The van der Waals surface area contributed by atoms with Crippen molar-refractivity contribution in [2.75, 3.05) is 0 Å². The molecule has 5 heteroatoms. The zero-order chi connectivity index (χ0) is 5.15. The van der Waals surface area contributed by atoms with Crippen molar-refractivity contribution in [1.29, 1.82) is 0 Å². The second kappa shape index (κ2) is 3.74. The molecule has 36 valence electrons. The Balaban J connectivity index is 0. The van der Waals surface area contributed by atoms with Crippen LogP contribution in [0.4, 0.5) is 0 Å². The van der Waals surface area contributed by atoms with E-state index in [1.165, 1.54) is 0 Å². The number of carboxylic acids is 2. The van der Waals surface area contributed by atoms with Gasteiger partial charge in [-0.25, -0.2) is 9.59 Å². The van der Waals surface area contributed by atoms with Crippen LogP contribution in [-0.2, 0) is 29.1 Å². The molecule has 0 aliphatic rings. The number of rotatable bonds is 0. The third-order valence-corrected chi connectivity index (χ3v) is 0.183. The number of carbonyl (C=O) groups is 2. The van der Waals surface area contributed by atoms with Crippen molar-refractivity contribution in [2.45, 2.75) is 0 Å². The fraction of sp³-hybridized carbons (Fsp3) is 0. The Bertz CT molecular complexity index is 75.7. The Kier molecular flexibility index (Phi) is 5.22.